The van der Waals surface area contributed by atoms with Crippen molar-refractivity contribution < 1.29 is 14.3 Å². The van der Waals surface area contributed by atoms with E-state index in [4.69, 9.17) is 22.1 Å². The second-order valence-corrected chi connectivity index (χ2v) is 8.76. The maximum absolute atomic E-state index is 13.6. The largest absolute Gasteiger partial charge is 0.490 e. The number of carbonyl (C=O) groups excluding carboxylic acids is 2. The molecular formula is C26H27ClN6O3. The first-order valence-corrected chi connectivity index (χ1v) is 12.0. The van der Waals surface area contributed by atoms with E-state index < -0.39 is 6.03 Å². The van der Waals surface area contributed by atoms with Crippen molar-refractivity contribution in [3.05, 3.63) is 83.5 Å². The molecule has 2 heterocycles. The monoisotopic (exact) mass is 506 g/mol. The van der Waals surface area contributed by atoms with E-state index in [1.54, 1.807) is 53.1 Å². The van der Waals surface area contributed by atoms with E-state index >= 15 is 0 Å². The third-order valence-corrected chi connectivity index (χ3v) is 5.67. The number of anilines is 2. The van der Waals surface area contributed by atoms with Crippen molar-refractivity contribution in [3.8, 4) is 5.75 Å². The molecule has 9 nitrogen and oxygen atoms in total. The number of alkyl halides is 1. The Hall–Kier alpha value is -4.11. The van der Waals surface area contributed by atoms with Gasteiger partial charge in [-0.15, -0.1) is 11.6 Å². The van der Waals surface area contributed by atoms with Gasteiger partial charge in [0, 0.05) is 17.0 Å². The fourth-order valence-electron chi connectivity index (χ4n) is 3.86. The molecule has 0 radical (unpaired) electrons. The summed E-state index contributed by atoms with van der Waals surface area (Å²) >= 11 is 5.71. The van der Waals surface area contributed by atoms with Crippen LogP contribution >= 0.6 is 11.6 Å². The number of carbonyl (C=O) groups is 2. The summed E-state index contributed by atoms with van der Waals surface area (Å²) < 4.78 is 7.24. The van der Waals surface area contributed by atoms with E-state index in [1.807, 2.05) is 19.9 Å². The third-order valence-electron chi connectivity index (χ3n) is 5.52. The summed E-state index contributed by atoms with van der Waals surface area (Å²) in [5.74, 6) is 0.949. The average Bonchev–Trinajstić information content (AvgIpc) is 3.11. The number of amides is 2. The number of hydrogen-bond acceptors (Lipinski definition) is 6. The second kappa shape index (κ2) is 11.1. The molecule has 2 amide bonds. The molecule has 0 saturated heterocycles. The summed E-state index contributed by atoms with van der Waals surface area (Å²) in [6.45, 7) is 4.35. The molecule has 1 aliphatic rings. The van der Waals surface area contributed by atoms with Crippen LogP contribution in [0.5, 0.6) is 5.75 Å². The average molecular weight is 507 g/mol. The van der Waals surface area contributed by atoms with Crippen molar-refractivity contribution in [1.29, 1.82) is 0 Å². The SMILES string of the molecule is CC(C)c1cc(C(=O)C2=CCC=CC(NC(=O)Nc3ccccc3OCCCl)=C2)c2c(N)ncnn12. The molecule has 0 atom stereocenters. The molecule has 1 aliphatic carbocycles. The molecule has 10 heteroatoms. The Kier molecular flexibility index (Phi) is 7.70. The number of para-hydroxylation sites is 2. The van der Waals surface area contributed by atoms with Crippen molar-refractivity contribution in [2.75, 3.05) is 23.5 Å². The minimum absolute atomic E-state index is 0.117. The number of aromatic nitrogens is 3. The Balaban J connectivity index is 1.57. The number of fused-ring (bicyclic) bond motifs is 1. The predicted molar refractivity (Wildman–Crippen MR) is 141 cm³/mol. The minimum Gasteiger partial charge on any atom is -0.490 e. The van der Waals surface area contributed by atoms with Gasteiger partial charge in [0.2, 0.25) is 0 Å². The van der Waals surface area contributed by atoms with Crippen LogP contribution in [0, 0.1) is 0 Å². The Morgan fingerprint density at radius 3 is 2.83 bits per heavy atom. The lowest BCUT2D eigenvalue weighted by molar-refractivity contribution is 0.103. The van der Waals surface area contributed by atoms with Gasteiger partial charge in [0.15, 0.2) is 11.6 Å². The Morgan fingerprint density at radius 2 is 2.06 bits per heavy atom. The van der Waals surface area contributed by atoms with Crippen molar-refractivity contribution in [2.45, 2.75) is 26.2 Å². The number of allylic oxidation sites excluding steroid dienone is 5. The summed E-state index contributed by atoms with van der Waals surface area (Å²) in [4.78, 5) is 30.4. The van der Waals surface area contributed by atoms with E-state index in [1.165, 1.54) is 6.33 Å². The molecule has 36 heavy (non-hydrogen) atoms. The van der Waals surface area contributed by atoms with Gasteiger partial charge in [0.25, 0.3) is 0 Å². The Labute approximate surface area is 213 Å². The third kappa shape index (κ3) is 5.41. The second-order valence-electron chi connectivity index (χ2n) is 8.38. The van der Waals surface area contributed by atoms with Crippen LogP contribution in [-0.2, 0) is 0 Å². The van der Waals surface area contributed by atoms with Crippen LogP contribution in [0.15, 0.2) is 72.2 Å². The van der Waals surface area contributed by atoms with Gasteiger partial charge in [-0.05, 0) is 42.7 Å². The number of nitrogens with two attached hydrogens (primary N) is 1. The molecule has 1 aromatic carbocycles. The van der Waals surface area contributed by atoms with Gasteiger partial charge in [0.1, 0.15) is 24.2 Å². The van der Waals surface area contributed by atoms with E-state index in [2.05, 4.69) is 20.7 Å². The number of halogens is 1. The zero-order valence-corrected chi connectivity index (χ0v) is 20.7. The maximum Gasteiger partial charge on any atom is 0.323 e. The zero-order chi connectivity index (χ0) is 25.7. The summed E-state index contributed by atoms with van der Waals surface area (Å²) in [5, 5.41) is 9.86. The number of ketones is 1. The lowest BCUT2D eigenvalue weighted by atomic mass is 10.0. The number of hydrogen-bond donors (Lipinski definition) is 3. The molecule has 0 bridgehead atoms. The molecule has 3 aromatic rings. The Bertz CT molecular complexity index is 1390. The molecule has 0 aliphatic heterocycles. The minimum atomic E-state index is -0.476. The highest BCUT2D eigenvalue weighted by molar-refractivity contribution is 6.18. The normalized spacial score (nSPS) is 13.2. The lowest BCUT2D eigenvalue weighted by Gasteiger charge is -2.13. The van der Waals surface area contributed by atoms with Gasteiger partial charge in [0.05, 0.1) is 17.1 Å². The maximum atomic E-state index is 13.6. The number of rotatable bonds is 8. The molecule has 0 saturated carbocycles. The fraction of sp³-hybridized carbons (Fsp3) is 0.231. The first kappa shape index (κ1) is 25.0. The van der Waals surface area contributed by atoms with Crippen molar-refractivity contribution in [1.82, 2.24) is 19.9 Å². The summed E-state index contributed by atoms with van der Waals surface area (Å²) in [7, 11) is 0. The molecule has 2 aromatic heterocycles. The van der Waals surface area contributed by atoms with Gasteiger partial charge in [-0.1, -0.05) is 38.1 Å². The Morgan fingerprint density at radius 1 is 1.25 bits per heavy atom. The molecule has 0 fully saturated rings. The van der Waals surface area contributed by atoms with Crippen LogP contribution in [0.25, 0.3) is 5.52 Å². The van der Waals surface area contributed by atoms with Crippen LogP contribution in [0.2, 0.25) is 0 Å². The molecule has 186 valence electrons. The van der Waals surface area contributed by atoms with Gasteiger partial charge in [-0.25, -0.2) is 14.3 Å². The smallest absolute Gasteiger partial charge is 0.323 e. The van der Waals surface area contributed by atoms with Crippen molar-refractivity contribution in [2.24, 2.45) is 0 Å². The lowest BCUT2D eigenvalue weighted by Crippen LogP contribution is -2.28. The summed E-state index contributed by atoms with van der Waals surface area (Å²) in [5.41, 5.74) is 9.24. The van der Waals surface area contributed by atoms with E-state index in [0.29, 0.717) is 52.7 Å². The first-order valence-electron chi connectivity index (χ1n) is 11.5. The number of nitrogens with one attached hydrogen (secondary N) is 2. The molecule has 0 spiro atoms. The number of Topliss-reactive ketones (excluding diaryl/α,β-unsaturated/α-hetero) is 1. The highest BCUT2D eigenvalue weighted by atomic mass is 35.5. The molecule has 4 N–H and O–H groups in total. The fourth-order valence-corrected chi connectivity index (χ4v) is 3.94. The van der Waals surface area contributed by atoms with Gasteiger partial charge >= 0.3 is 6.03 Å². The van der Waals surface area contributed by atoms with Gasteiger partial charge < -0.3 is 21.1 Å². The van der Waals surface area contributed by atoms with E-state index in [9.17, 15) is 9.59 Å². The highest BCUT2D eigenvalue weighted by Crippen LogP contribution is 2.28. The molecular weight excluding hydrogens is 480 g/mol. The number of urea groups is 1. The van der Waals surface area contributed by atoms with Crippen LogP contribution in [0.1, 0.15) is 42.2 Å². The number of ether oxygens (including phenoxy) is 1. The van der Waals surface area contributed by atoms with Crippen molar-refractivity contribution >= 4 is 40.4 Å². The highest BCUT2D eigenvalue weighted by Gasteiger charge is 2.23. The standard InChI is InChI=1S/C26H27ClN6O3/c1-16(2)21-14-19(23-25(28)29-15-30-33(21)23)24(34)17-7-3-4-8-18(13-17)31-26(35)32-20-9-5-6-10-22(20)36-12-11-27/h4-10,13-16H,3,11-12H2,1-2H3,(H2,28,29,30)(H2,31,32,35). The van der Waals surface area contributed by atoms with Crippen LogP contribution < -0.4 is 21.1 Å². The summed E-state index contributed by atoms with van der Waals surface area (Å²) in [6.07, 6.45) is 8.95. The van der Waals surface area contributed by atoms with Crippen LogP contribution in [0.3, 0.4) is 0 Å². The zero-order valence-electron chi connectivity index (χ0n) is 20.0. The quantitative estimate of drug-likeness (QED) is 0.297. The first-order chi connectivity index (χ1) is 17.4. The number of nitrogens with zero attached hydrogens (tertiary/aromatic N) is 3. The van der Waals surface area contributed by atoms with Gasteiger partial charge in [-0.2, -0.15) is 5.10 Å². The van der Waals surface area contributed by atoms with Gasteiger partial charge in [-0.3, -0.25) is 4.79 Å². The molecule has 4 rings (SSSR count). The number of benzene rings is 1. The van der Waals surface area contributed by atoms with Crippen LogP contribution in [0.4, 0.5) is 16.3 Å². The predicted octanol–water partition coefficient (Wildman–Crippen LogP) is 4.83. The van der Waals surface area contributed by atoms with Crippen molar-refractivity contribution in [3.63, 3.8) is 0 Å². The topological polar surface area (TPSA) is 124 Å². The van der Waals surface area contributed by atoms with Crippen LogP contribution in [-0.4, -0.2) is 38.9 Å². The summed E-state index contributed by atoms with van der Waals surface area (Å²) in [6, 6.07) is 8.39. The number of nitrogen functional groups attached to an aromatic ring is 1. The van der Waals surface area contributed by atoms with E-state index in [0.717, 1.165) is 5.69 Å². The van der Waals surface area contributed by atoms with E-state index in [-0.39, 0.29) is 17.5 Å². The molecule has 0 unspecified atom stereocenters.